The molecule has 0 radical (unpaired) electrons. The van der Waals surface area contributed by atoms with E-state index in [9.17, 15) is 4.79 Å². The first-order chi connectivity index (χ1) is 8.92. The van der Waals surface area contributed by atoms with Gasteiger partial charge in [0.2, 0.25) is 5.91 Å². The van der Waals surface area contributed by atoms with Crippen LogP contribution in [-0.2, 0) is 14.3 Å². The van der Waals surface area contributed by atoms with Crippen molar-refractivity contribution >= 4 is 5.91 Å². The van der Waals surface area contributed by atoms with Gasteiger partial charge in [-0.3, -0.25) is 4.79 Å². The first-order valence-electron chi connectivity index (χ1n) is 7.06. The first kappa shape index (κ1) is 18.4. The van der Waals surface area contributed by atoms with E-state index >= 15 is 0 Å². The van der Waals surface area contributed by atoms with Gasteiger partial charge in [0.15, 0.2) is 0 Å². The topological polar surface area (TPSA) is 73.6 Å². The van der Waals surface area contributed by atoms with Crippen LogP contribution >= 0.6 is 0 Å². The number of carbonyl (C=O) groups excluding carboxylic acids is 1. The minimum Gasteiger partial charge on any atom is -0.379 e. The number of ether oxygens (including phenoxy) is 2. The highest BCUT2D eigenvalue weighted by Crippen LogP contribution is 2.12. The maximum absolute atomic E-state index is 11.3. The van der Waals surface area contributed by atoms with Gasteiger partial charge in [0.1, 0.15) is 0 Å². The van der Waals surface area contributed by atoms with Gasteiger partial charge in [-0.25, -0.2) is 0 Å². The van der Waals surface area contributed by atoms with E-state index < -0.39 is 5.54 Å². The molecule has 1 unspecified atom stereocenters. The first-order valence-corrected chi connectivity index (χ1v) is 7.06. The average molecular weight is 274 g/mol. The van der Waals surface area contributed by atoms with Crippen LogP contribution in [0.5, 0.6) is 0 Å². The summed E-state index contributed by atoms with van der Waals surface area (Å²) in [6.07, 6.45) is 2.56. The van der Waals surface area contributed by atoms with E-state index in [4.69, 9.17) is 15.2 Å². The fraction of sp³-hybridized carbons (Fsp3) is 0.929. The molecule has 0 aromatic carbocycles. The number of rotatable bonds is 12. The Bertz CT molecular complexity index is 247. The largest absolute Gasteiger partial charge is 0.379 e. The van der Waals surface area contributed by atoms with E-state index in [2.05, 4.69) is 19.2 Å². The van der Waals surface area contributed by atoms with Crippen molar-refractivity contribution in [2.75, 3.05) is 33.5 Å². The zero-order valence-electron chi connectivity index (χ0n) is 12.8. The summed E-state index contributed by atoms with van der Waals surface area (Å²) < 4.78 is 10.9. The molecule has 5 heteroatoms. The average Bonchev–Trinajstić information content (AvgIpc) is 2.35. The van der Waals surface area contributed by atoms with E-state index in [-0.39, 0.29) is 5.91 Å². The van der Waals surface area contributed by atoms with E-state index in [1.165, 1.54) is 0 Å². The minimum absolute atomic E-state index is 0.307. The number of nitrogens with one attached hydrogen (secondary N) is 1. The van der Waals surface area contributed by atoms with Crippen molar-refractivity contribution in [1.82, 2.24) is 5.32 Å². The van der Waals surface area contributed by atoms with Crippen LogP contribution in [0.15, 0.2) is 0 Å². The van der Waals surface area contributed by atoms with Crippen LogP contribution in [0.25, 0.3) is 0 Å². The van der Waals surface area contributed by atoms with Crippen molar-refractivity contribution in [3.63, 3.8) is 0 Å². The van der Waals surface area contributed by atoms with E-state index in [0.29, 0.717) is 25.7 Å². The summed E-state index contributed by atoms with van der Waals surface area (Å²) >= 11 is 0. The number of primary amides is 1. The summed E-state index contributed by atoms with van der Waals surface area (Å²) in [7, 11) is 1.76. The van der Waals surface area contributed by atoms with Crippen LogP contribution in [0, 0.1) is 5.92 Å². The molecule has 0 aliphatic heterocycles. The number of hydrogen-bond donors (Lipinski definition) is 2. The Kier molecular flexibility index (Phi) is 9.83. The highest BCUT2D eigenvalue weighted by atomic mass is 16.5. The molecule has 1 atom stereocenters. The summed E-state index contributed by atoms with van der Waals surface area (Å²) in [6.45, 7) is 8.83. The molecule has 0 aromatic rings. The van der Waals surface area contributed by atoms with Gasteiger partial charge in [0.05, 0.1) is 18.8 Å². The van der Waals surface area contributed by atoms with Crippen molar-refractivity contribution in [1.29, 1.82) is 0 Å². The lowest BCUT2D eigenvalue weighted by Crippen LogP contribution is -2.51. The van der Waals surface area contributed by atoms with Crippen LogP contribution in [0.3, 0.4) is 0 Å². The Balaban J connectivity index is 3.43. The van der Waals surface area contributed by atoms with Gasteiger partial charge in [-0.1, -0.05) is 13.8 Å². The molecule has 0 aromatic heterocycles. The van der Waals surface area contributed by atoms with Crippen LogP contribution in [-0.4, -0.2) is 44.9 Å². The van der Waals surface area contributed by atoms with Gasteiger partial charge in [0, 0.05) is 13.2 Å². The highest BCUT2D eigenvalue weighted by Gasteiger charge is 2.27. The Hall–Kier alpha value is -0.650. The summed E-state index contributed by atoms with van der Waals surface area (Å²) in [5, 5.41) is 2.97. The molecule has 1 amide bonds. The molecule has 3 N–H and O–H groups in total. The molecule has 0 heterocycles. The molecule has 0 saturated carbocycles. The van der Waals surface area contributed by atoms with Crippen LogP contribution in [0.4, 0.5) is 0 Å². The van der Waals surface area contributed by atoms with Gasteiger partial charge in [-0.2, -0.15) is 0 Å². The molecular weight excluding hydrogens is 244 g/mol. The lowest BCUT2D eigenvalue weighted by molar-refractivity contribution is -0.123. The van der Waals surface area contributed by atoms with Gasteiger partial charge < -0.3 is 20.5 Å². The SMILES string of the molecule is CNC(C)(CCCCOCCOCC(C)C)C(N)=O. The maximum atomic E-state index is 11.3. The summed E-state index contributed by atoms with van der Waals surface area (Å²) in [5.41, 5.74) is 4.74. The lowest BCUT2D eigenvalue weighted by Gasteiger charge is -2.25. The summed E-state index contributed by atoms with van der Waals surface area (Å²) in [6, 6.07) is 0. The van der Waals surface area contributed by atoms with Crippen molar-refractivity contribution < 1.29 is 14.3 Å². The molecule has 5 nitrogen and oxygen atoms in total. The van der Waals surface area contributed by atoms with Crippen LogP contribution in [0.2, 0.25) is 0 Å². The van der Waals surface area contributed by atoms with Crippen molar-refractivity contribution in [2.24, 2.45) is 11.7 Å². The van der Waals surface area contributed by atoms with E-state index in [1.54, 1.807) is 7.05 Å². The molecule has 114 valence electrons. The number of hydrogen-bond acceptors (Lipinski definition) is 4. The standard InChI is InChI=1S/C14H30N2O3/c1-12(2)11-19-10-9-18-8-6-5-7-14(3,16-4)13(15)17/h12,16H,5-11H2,1-4H3,(H2,15,17). The second kappa shape index (κ2) is 10.2. The van der Waals surface area contributed by atoms with Crippen molar-refractivity contribution in [2.45, 2.75) is 45.6 Å². The van der Waals surface area contributed by atoms with Gasteiger partial charge in [0.25, 0.3) is 0 Å². The normalized spacial score (nSPS) is 14.6. The molecule has 0 bridgehead atoms. The summed E-state index contributed by atoms with van der Waals surface area (Å²) in [5.74, 6) is 0.256. The number of unbranched alkanes of at least 4 members (excludes halogenated alkanes) is 1. The minimum atomic E-state index is -0.611. The Morgan fingerprint density at radius 3 is 2.37 bits per heavy atom. The van der Waals surface area contributed by atoms with E-state index in [0.717, 1.165) is 25.9 Å². The quantitative estimate of drug-likeness (QED) is 0.526. The number of nitrogens with two attached hydrogens (primary N) is 1. The third kappa shape index (κ3) is 8.97. The van der Waals surface area contributed by atoms with E-state index in [1.807, 2.05) is 6.92 Å². The molecule has 0 spiro atoms. The predicted octanol–water partition coefficient (Wildman–Crippen LogP) is 1.31. The van der Waals surface area contributed by atoms with Gasteiger partial charge >= 0.3 is 0 Å². The maximum Gasteiger partial charge on any atom is 0.237 e. The fourth-order valence-corrected chi connectivity index (χ4v) is 1.59. The van der Waals surface area contributed by atoms with Crippen molar-refractivity contribution in [3.05, 3.63) is 0 Å². The predicted molar refractivity (Wildman–Crippen MR) is 77.0 cm³/mol. The zero-order chi connectivity index (χ0) is 14.7. The monoisotopic (exact) mass is 274 g/mol. The second-order valence-corrected chi connectivity index (χ2v) is 5.48. The number of amides is 1. The molecular formula is C14H30N2O3. The highest BCUT2D eigenvalue weighted by molar-refractivity contribution is 5.84. The third-order valence-electron chi connectivity index (χ3n) is 3.13. The zero-order valence-corrected chi connectivity index (χ0v) is 12.8. The molecule has 19 heavy (non-hydrogen) atoms. The Morgan fingerprint density at radius 1 is 1.21 bits per heavy atom. The van der Waals surface area contributed by atoms with Crippen LogP contribution < -0.4 is 11.1 Å². The fourth-order valence-electron chi connectivity index (χ4n) is 1.59. The summed E-state index contributed by atoms with van der Waals surface area (Å²) in [4.78, 5) is 11.3. The van der Waals surface area contributed by atoms with Crippen molar-refractivity contribution in [3.8, 4) is 0 Å². The molecule has 0 saturated heterocycles. The van der Waals surface area contributed by atoms with Gasteiger partial charge in [-0.15, -0.1) is 0 Å². The Labute approximate surface area is 117 Å². The molecule has 0 fully saturated rings. The molecule has 0 aliphatic rings. The third-order valence-corrected chi connectivity index (χ3v) is 3.13. The number of carbonyl (C=O) groups is 1. The van der Waals surface area contributed by atoms with Gasteiger partial charge in [-0.05, 0) is 39.2 Å². The Morgan fingerprint density at radius 2 is 1.84 bits per heavy atom. The molecule has 0 aliphatic carbocycles. The van der Waals surface area contributed by atoms with Crippen LogP contribution in [0.1, 0.15) is 40.0 Å². The second-order valence-electron chi connectivity index (χ2n) is 5.48. The number of likely N-dealkylation sites (N-methyl/N-ethyl adjacent to an activating group) is 1. The smallest absolute Gasteiger partial charge is 0.237 e. The molecule has 0 rings (SSSR count). The lowest BCUT2D eigenvalue weighted by atomic mass is 9.94.